The third-order valence-electron chi connectivity index (χ3n) is 3.59. The quantitative estimate of drug-likeness (QED) is 0.813. The zero-order chi connectivity index (χ0) is 16.5. The summed E-state index contributed by atoms with van der Waals surface area (Å²) in [5, 5.41) is 2.99. The maximum Gasteiger partial charge on any atom is 0.224 e. The van der Waals surface area contributed by atoms with Gasteiger partial charge in [0.1, 0.15) is 5.82 Å². The zero-order valence-corrected chi connectivity index (χ0v) is 13.3. The Bertz CT molecular complexity index is 601. The molecule has 1 aromatic carbocycles. The predicted molar refractivity (Wildman–Crippen MR) is 88.3 cm³/mol. The SMILES string of the molecule is CNCCC(=O)N(CCc1ccccn1)Cc1ccc(F)cc1. The zero-order valence-electron chi connectivity index (χ0n) is 13.3. The Labute approximate surface area is 136 Å². The van der Waals surface area contributed by atoms with Gasteiger partial charge in [-0.05, 0) is 36.9 Å². The van der Waals surface area contributed by atoms with Gasteiger partial charge >= 0.3 is 0 Å². The van der Waals surface area contributed by atoms with Crippen LogP contribution in [0.25, 0.3) is 0 Å². The van der Waals surface area contributed by atoms with E-state index in [-0.39, 0.29) is 11.7 Å². The van der Waals surface area contributed by atoms with Crippen LogP contribution in [0.5, 0.6) is 0 Å². The second kappa shape index (κ2) is 9.00. The maximum absolute atomic E-state index is 13.0. The number of amides is 1. The Kier molecular flexibility index (Phi) is 6.69. The highest BCUT2D eigenvalue weighted by Crippen LogP contribution is 2.09. The van der Waals surface area contributed by atoms with Gasteiger partial charge in [-0.3, -0.25) is 9.78 Å². The van der Waals surface area contributed by atoms with E-state index in [0.29, 0.717) is 32.5 Å². The Morgan fingerprint density at radius 2 is 2.00 bits per heavy atom. The predicted octanol–water partition coefficient (Wildman–Crippen LogP) is 2.40. The second-order valence-electron chi connectivity index (χ2n) is 5.37. The van der Waals surface area contributed by atoms with Gasteiger partial charge in [0.15, 0.2) is 0 Å². The Morgan fingerprint density at radius 1 is 1.22 bits per heavy atom. The van der Waals surface area contributed by atoms with Crippen LogP contribution in [-0.4, -0.2) is 35.9 Å². The highest BCUT2D eigenvalue weighted by Gasteiger charge is 2.14. The van der Waals surface area contributed by atoms with Crippen LogP contribution in [-0.2, 0) is 17.8 Å². The molecule has 0 fully saturated rings. The van der Waals surface area contributed by atoms with Crippen LogP contribution in [0.1, 0.15) is 17.7 Å². The van der Waals surface area contributed by atoms with Crippen molar-refractivity contribution in [2.45, 2.75) is 19.4 Å². The van der Waals surface area contributed by atoms with Crippen molar-refractivity contribution in [3.8, 4) is 0 Å². The van der Waals surface area contributed by atoms with Crippen LogP contribution in [0, 0.1) is 5.82 Å². The standard InChI is InChI=1S/C18H22FN3O/c1-20-12-9-18(23)22(13-10-17-4-2-3-11-21-17)14-15-5-7-16(19)8-6-15/h2-8,11,20H,9-10,12-14H2,1H3. The molecule has 0 saturated heterocycles. The van der Waals surface area contributed by atoms with Crippen molar-refractivity contribution in [2.75, 3.05) is 20.1 Å². The normalized spacial score (nSPS) is 10.5. The monoisotopic (exact) mass is 315 g/mol. The van der Waals surface area contributed by atoms with Gasteiger partial charge in [-0.25, -0.2) is 4.39 Å². The van der Waals surface area contributed by atoms with Gasteiger partial charge in [0, 0.05) is 44.4 Å². The Morgan fingerprint density at radius 3 is 2.65 bits per heavy atom. The molecule has 2 aromatic rings. The van der Waals surface area contributed by atoms with E-state index in [1.165, 1.54) is 12.1 Å². The number of hydrogen-bond acceptors (Lipinski definition) is 3. The van der Waals surface area contributed by atoms with Crippen molar-refractivity contribution in [2.24, 2.45) is 0 Å². The summed E-state index contributed by atoms with van der Waals surface area (Å²) < 4.78 is 13.0. The number of pyridine rings is 1. The summed E-state index contributed by atoms with van der Waals surface area (Å²) in [5.41, 5.74) is 1.88. The fourth-order valence-corrected chi connectivity index (χ4v) is 2.29. The molecule has 0 spiro atoms. The van der Waals surface area contributed by atoms with E-state index >= 15 is 0 Å². The number of aromatic nitrogens is 1. The molecule has 2 rings (SSSR count). The van der Waals surface area contributed by atoms with Gasteiger partial charge < -0.3 is 10.2 Å². The van der Waals surface area contributed by atoms with Gasteiger partial charge in [-0.1, -0.05) is 18.2 Å². The minimum Gasteiger partial charge on any atom is -0.338 e. The highest BCUT2D eigenvalue weighted by molar-refractivity contribution is 5.76. The van der Waals surface area contributed by atoms with Crippen molar-refractivity contribution >= 4 is 5.91 Å². The lowest BCUT2D eigenvalue weighted by molar-refractivity contribution is -0.131. The summed E-state index contributed by atoms with van der Waals surface area (Å²) in [6.07, 6.45) is 2.90. The van der Waals surface area contributed by atoms with Crippen molar-refractivity contribution in [1.29, 1.82) is 0 Å². The van der Waals surface area contributed by atoms with E-state index < -0.39 is 0 Å². The van der Waals surface area contributed by atoms with E-state index in [4.69, 9.17) is 0 Å². The minimum absolute atomic E-state index is 0.0830. The molecule has 0 unspecified atom stereocenters. The number of hydrogen-bond donors (Lipinski definition) is 1. The van der Waals surface area contributed by atoms with E-state index in [1.807, 2.05) is 25.2 Å². The summed E-state index contributed by atoms with van der Waals surface area (Å²) in [6.45, 7) is 1.72. The number of carbonyl (C=O) groups excluding carboxylic acids is 1. The topological polar surface area (TPSA) is 45.2 Å². The molecule has 4 nitrogen and oxygen atoms in total. The van der Waals surface area contributed by atoms with Crippen molar-refractivity contribution in [1.82, 2.24) is 15.2 Å². The molecule has 0 aliphatic heterocycles. The summed E-state index contributed by atoms with van der Waals surface area (Å²) in [5.74, 6) is -0.185. The molecule has 122 valence electrons. The highest BCUT2D eigenvalue weighted by atomic mass is 19.1. The molecule has 0 aliphatic rings. The van der Waals surface area contributed by atoms with E-state index in [0.717, 1.165) is 11.3 Å². The van der Waals surface area contributed by atoms with Crippen LogP contribution in [0.4, 0.5) is 4.39 Å². The molecule has 1 N–H and O–H groups in total. The summed E-state index contributed by atoms with van der Waals surface area (Å²) >= 11 is 0. The fourth-order valence-electron chi connectivity index (χ4n) is 2.29. The van der Waals surface area contributed by atoms with Crippen molar-refractivity contribution < 1.29 is 9.18 Å². The molecular formula is C18H22FN3O. The van der Waals surface area contributed by atoms with Crippen LogP contribution >= 0.6 is 0 Å². The van der Waals surface area contributed by atoms with Gasteiger partial charge in [-0.15, -0.1) is 0 Å². The molecule has 0 radical (unpaired) electrons. The van der Waals surface area contributed by atoms with Gasteiger partial charge in [0.2, 0.25) is 5.91 Å². The van der Waals surface area contributed by atoms with Crippen LogP contribution < -0.4 is 5.32 Å². The first-order chi connectivity index (χ1) is 11.2. The lowest BCUT2D eigenvalue weighted by Gasteiger charge is -2.23. The van der Waals surface area contributed by atoms with Gasteiger partial charge in [-0.2, -0.15) is 0 Å². The first-order valence-electron chi connectivity index (χ1n) is 7.76. The third kappa shape index (κ3) is 5.79. The summed E-state index contributed by atoms with van der Waals surface area (Å²) in [6, 6.07) is 12.0. The molecule has 1 heterocycles. The molecule has 0 bridgehead atoms. The molecule has 1 aromatic heterocycles. The molecule has 0 aliphatic carbocycles. The number of rotatable bonds is 8. The van der Waals surface area contributed by atoms with Gasteiger partial charge in [0.05, 0.1) is 0 Å². The average molecular weight is 315 g/mol. The number of carbonyl (C=O) groups is 1. The average Bonchev–Trinajstić information content (AvgIpc) is 2.59. The molecule has 23 heavy (non-hydrogen) atoms. The lowest BCUT2D eigenvalue weighted by Crippen LogP contribution is -2.34. The van der Waals surface area contributed by atoms with Crippen LogP contribution in [0.15, 0.2) is 48.7 Å². The van der Waals surface area contributed by atoms with Gasteiger partial charge in [0.25, 0.3) is 0 Å². The third-order valence-corrected chi connectivity index (χ3v) is 3.59. The van der Waals surface area contributed by atoms with Crippen molar-refractivity contribution in [3.63, 3.8) is 0 Å². The largest absolute Gasteiger partial charge is 0.338 e. The number of benzene rings is 1. The number of halogens is 1. The van der Waals surface area contributed by atoms with Crippen molar-refractivity contribution in [3.05, 3.63) is 65.7 Å². The first kappa shape index (κ1) is 17.1. The Hall–Kier alpha value is -2.27. The van der Waals surface area contributed by atoms with Crippen LogP contribution in [0.3, 0.4) is 0 Å². The summed E-state index contributed by atoms with van der Waals surface area (Å²) in [4.78, 5) is 18.5. The molecule has 5 heteroatoms. The van der Waals surface area contributed by atoms with E-state index in [2.05, 4.69) is 10.3 Å². The molecular weight excluding hydrogens is 293 g/mol. The second-order valence-corrected chi connectivity index (χ2v) is 5.37. The minimum atomic E-state index is -0.268. The Balaban J connectivity index is 2.01. The summed E-state index contributed by atoms with van der Waals surface area (Å²) in [7, 11) is 1.82. The fraction of sp³-hybridized carbons (Fsp3) is 0.333. The number of nitrogens with one attached hydrogen (secondary N) is 1. The first-order valence-corrected chi connectivity index (χ1v) is 7.76. The molecule has 1 amide bonds. The maximum atomic E-state index is 13.0. The van der Waals surface area contributed by atoms with Crippen LogP contribution in [0.2, 0.25) is 0 Å². The lowest BCUT2D eigenvalue weighted by atomic mass is 10.2. The molecule has 0 saturated carbocycles. The van der Waals surface area contributed by atoms with E-state index in [1.54, 1.807) is 23.2 Å². The smallest absolute Gasteiger partial charge is 0.224 e. The van der Waals surface area contributed by atoms with E-state index in [9.17, 15) is 9.18 Å². The number of nitrogens with zero attached hydrogens (tertiary/aromatic N) is 2. The molecule has 0 atom stereocenters.